The first-order valence-electron chi connectivity index (χ1n) is 8.39. The number of carboxylic acid groups (broad SMARTS) is 1. The molecule has 7 nitrogen and oxygen atoms in total. The molecule has 3 aromatic rings. The third-order valence-corrected chi connectivity index (χ3v) is 4.34. The van der Waals surface area contributed by atoms with Crippen molar-refractivity contribution in [1.82, 2.24) is 0 Å². The minimum Gasteiger partial charge on any atom is -0.507 e. The number of carbonyl (C=O) groups is 2. The fourth-order valence-electron chi connectivity index (χ4n) is 2.95. The number of nitrogens with one attached hydrogen (secondary N) is 1. The van der Waals surface area contributed by atoms with Gasteiger partial charge in [0.05, 0.1) is 16.8 Å². The van der Waals surface area contributed by atoms with E-state index in [1.807, 2.05) is 30.3 Å². The molecule has 28 heavy (non-hydrogen) atoms. The Balaban J connectivity index is 1.70. The first-order chi connectivity index (χ1) is 13.5. The molecule has 0 saturated carbocycles. The molecule has 0 bridgehead atoms. The number of hydrogen-bond donors (Lipinski definition) is 3. The quantitative estimate of drug-likeness (QED) is 0.640. The zero-order chi connectivity index (χ0) is 19.7. The van der Waals surface area contributed by atoms with Gasteiger partial charge in [-0.25, -0.2) is 4.79 Å². The van der Waals surface area contributed by atoms with Crippen LogP contribution in [0.4, 0.5) is 5.69 Å². The summed E-state index contributed by atoms with van der Waals surface area (Å²) in [5, 5.41) is 22.2. The third-order valence-electron chi connectivity index (χ3n) is 4.34. The van der Waals surface area contributed by atoms with Crippen molar-refractivity contribution in [3.63, 3.8) is 0 Å². The van der Waals surface area contributed by atoms with Crippen molar-refractivity contribution in [2.75, 3.05) is 12.1 Å². The second-order valence-corrected chi connectivity index (χ2v) is 6.11. The van der Waals surface area contributed by atoms with Gasteiger partial charge in [0, 0.05) is 12.1 Å². The summed E-state index contributed by atoms with van der Waals surface area (Å²) >= 11 is 0. The number of fused-ring (bicyclic) bond motifs is 1. The number of hydrogen-bond acceptors (Lipinski definition) is 5. The standard InChI is InChI=1S/C21H15NO6/c23-17-10-19-18(27-11-28-19)9-15(17)20(24)22-16-8-13(6-7-14(16)21(25)26)12-4-2-1-3-5-12/h1-10,23H,11H2,(H,22,24)(H,25,26). The first-order valence-corrected chi connectivity index (χ1v) is 8.39. The van der Waals surface area contributed by atoms with Crippen LogP contribution in [0, 0.1) is 0 Å². The molecule has 0 spiro atoms. The van der Waals surface area contributed by atoms with E-state index in [1.54, 1.807) is 12.1 Å². The summed E-state index contributed by atoms with van der Waals surface area (Å²) in [5.74, 6) is -1.46. The van der Waals surface area contributed by atoms with Crippen LogP contribution in [-0.4, -0.2) is 28.9 Å². The summed E-state index contributed by atoms with van der Waals surface area (Å²) in [6.07, 6.45) is 0. The van der Waals surface area contributed by atoms with E-state index in [1.165, 1.54) is 18.2 Å². The van der Waals surface area contributed by atoms with E-state index < -0.39 is 11.9 Å². The van der Waals surface area contributed by atoms with Gasteiger partial charge in [-0.2, -0.15) is 0 Å². The van der Waals surface area contributed by atoms with Crippen molar-refractivity contribution in [2.24, 2.45) is 0 Å². The number of anilines is 1. The molecule has 3 aromatic carbocycles. The molecule has 4 rings (SSSR count). The van der Waals surface area contributed by atoms with Gasteiger partial charge >= 0.3 is 5.97 Å². The fourth-order valence-corrected chi connectivity index (χ4v) is 2.95. The van der Waals surface area contributed by atoms with E-state index >= 15 is 0 Å². The van der Waals surface area contributed by atoms with Crippen LogP contribution < -0.4 is 14.8 Å². The summed E-state index contributed by atoms with van der Waals surface area (Å²) < 4.78 is 10.4. The van der Waals surface area contributed by atoms with Crippen LogP contribution in [0.15, 0.2) is 60.7 Å². The number of benzene rings is 3. The van der Waals surface area contributed by atoms with Gasteiger partial charge in [-0.1, -0.05) is 36.4 Å². The molecule has 3 N–H and O–H groups in total. The number of ether oxygens (including phenoxy) is 2. The van der Waals surface area contributed by atoms with Crippen molar-refractivity contribution < 1.29 is 29.3 Å². The molecule has 1 heterocycles. The zero-order valence-corrected chi connectivity index (χ0v) is 14.5. The Morgan fingerprint density at radius 3 is 2.29 bits per heavy atom. The van der Waals surface area contributed by atoms with E-state index in [9.17, 15) is 19.8 Å². The van der Waals surface area contributed by atoms with E-state index in [2.05, 4.69) is 5.32 Å². The van der Waals surface area contributed by atoms with Crippen LogP contribution in [0.1, 0.15) is 20.7 Å². The van der Waals surface area contributed by atoms with Crippen LogP contribution in [-0.2, 0) is 0 Å². The number of phenolic OH excluding ortho intramolecular Hbond substituents is 1. The molecular weight excluding hydrogens is 362 g/mol. The minimum absolute atomic E-state index is 0.00211. The molecule has 1 aliphatic rings. The maximum absolute atomic E-state index is 12.7. The lowest BCUT2D eigenvalue weighted by Crippen LogP contribution is -2.15. The van der Waals surface area contributed by atoms with Gasteiger partial charge in [0.25, 0.3) is 5.91 Å². The Hall–Kier alpha value is -4.00. The number of rotatable bonds is 4. The van der Waals surface area contributed by atoms with Crippen molar-refractivity contribution in [3.05, 3.63) is 71.8 Å². The van der Waals surface area contributed by atoms with Crippen LogP contribution in [0.3, 0.4) is 0 Å². The lowest BCUT2D eigenvalue weighted by atomic mass is 10.0. The number of aromatic hydroxyl groups is 1. The van der Waals surface area contributed by atoms with Crippen molar-refractivity contribution in [1.29, 1.82) is 0 Å². The monoisotopic (exact) mass is 377 g/mol. The average molecular weight is 377 g/mol. The topological polar surface area (TPSA) is 105 Å². The average Bonchev–Trinajstić information content (AvgIpc) is 3.15. The third kappa shape index (κ3) is 3.21. The van der Waals surface area contributed by atoms with Crippen LogP contribution in [0.25, 0.3) is 11.1 Å². The molecule has 0 radical (unpaired) electrons. The highest BCUT2D eigenvalue weighted by Gasteiger charge is 2.22. The maximum atomic E-state index is 12.7. The fraction of sp³-hybridized carbons (Fsp3) is 0.0476. The molecular formula is C21H15NO6. The van der Waals surface area contributed by atoms with Gasteiger partial charge in [0.2, 0.25) is 6.79 Å². The normalized spacial score (nSPS) is 11.9. The highest BCUT2D eigenvalue weighted by atomic mass is 16.7. The van der Waals surface area contributed by atoms with Crippen molar-refractivity contribution >= 4 is 17.6 Å². The summed E-state index contributed by atoms with van der Waals surface area (Å²) in [7, 11) is 0. The second kappa shape index (κ2) is 6.96. The lowest BCUT2D eigenvalue weighted by Gasteiger charge is -2.12. The molecule has 0 saturated heterocycles. The van der Waals surface area contributed by atoms with Gasteiger partial charge in [0.15, 0.2) is 11.5 Å². The summed E-state index contributed by atoms with van der Waals surface area (Å²) in [4.78, 5) is 24.3. The number of amides is 1. The molecule has 0 unspecified atom stereocenters. The first kappa shape index (κ1) is 17.4. The van der Waals surface area contributed by atoms with Crippen molar-refractivity contribution in [2.45, 2.75) is 0 Å². The van der Waals surface area contributed by atoms with Crippen LogP contribution in [0.5, 0.6) is 17.2 Å². The smallest absolute Gasteiger partial charge is 0.337 e. The van der Waals surface area contributed by atoms with Gasteiger partial charge in [0.1, 0.15) is 5.75 Å². The predicted molar refractivity (Wildman–Crippen MR) is 101 cm³/mol. The molecule has 140 valence electrons. The van der Waals surface area contributed by atoms with Gasteiger partial charge in [-0.15, -0.1) is 0 Å². The molecule has 0 fully saturated rings. The van der Waals surface area contributed by atoms with E-state index in [4.69, 9.17) is 9.47 Å². The molecule has 1 aliphatic heterocycles. The highest BCUT2D eigenvalue weighted by Crippen LogP contribution is 2.38. The predicted octanol–water partition coefficient (Wildman–Crippen LogP) is 3.74. The number of carbonyl (C=O) groups excluding carboxylic acids is 1. The van der Waals surface area contributed by atoms with Gasteiger partial charge < -0.3 is 25.0 Å². The van der Waals surface area contributed by atoms with Gasteiger partial charge in [-0.05, 0) is 23.3 Å². The molecule has 1 amide bonds. The van der Waals surface area contributed by atoms with Crippen molar-refractivity contribution in [3.8, 4) is 28.4 Å². The molecule has 0 aliphatic carbocycles. The minimum atomic E-state index is -1.18. The number of aromatic carboxylic acids is 1. The largest absolute Gasteiger partial charge is 0.507 e. The summed E-state index contributed by atoms with van der Waals surface area (Å²) in [6.45, 7) is 0.00211. The van der Waals surface area contributed by atoms with E-state index in [0.29, 0.717) is 11.5 Å². The highest BCUT2D eigenvalue weighted by molar-refractivity contribution is 6.09. The molecule has 7 heteroatoms. The Morgan fingerprint density at radius 1 is 0.857 bits per heavy atom. The second-order valence-electron chi connectivity index (χ2n) is 6.11. The Kier molecular flexibility index (Phi) is 4.33. The zero-order valence-electron chi connectivity index (χ0n) is 14.5. The number of phenols is 1. The lowest BCUT2D eigenvalue weighted by molar-refractivity contribution is 0.0698. The Morgan fingerprint density at radius 2 is 1.57 bits per heavy atom. The van der Waals surface area contributed by atoms with E-state index in [0.717, 1.165) is 11.1 Å². The van der Waals surface area contributed by atoms with Crippen LogP contribution >= 0.6 is 0 Å². The summed E-state index contributed by atoms with van der Waals surface area (Å²) in [6, 6.07) is 16.7. The molecule has 0 atom stereocenters. The SMILES string of the molecule is O=C(Nc1cc(-c2ccccc2)ccc1C(=O)O)c1cc2c(cc1O)OCO2. The maximum Gasteiger partial charge on any atom is 0.337 e. The molecule has 0 aromatic heterocycles. The van der Waals surface area contributed by atoms with Crippen LogP contribution in [0.2, 0.25) is 0 Å². The number of carboxylic acids is 1. The Bertz CT molecular complexity index is 1080. The van der Waals surface area contributed by atoms with E-state index in [-0.39, 0.29) is 29.4 Å². The Labute approximate surface area is 159 Å². The van der Waals surface area contributed by atoms with Gasteiger partial charge in [-0.3, -0.25) is 4.79 Å². The summed E-state index contributed by atoms with van der Waals surface area (Å²) in [5.41, 5.74) is 1.63.